The first-order valence-electron chi connectivity index (χ1n) is 6.45. The first kappa shape index (κ1) is 12.6. The summed E-state index contributed by atoms with van der Waals surface area (Å²) in [6.45, 7) is 2.55. The highest BCUT2D eigenvalue weighted by atomic mass is 16.3. The van der Waals surface area contributed by atoms with Crippen LogP contribution in [0.25, 0.3) is 0 Å². The van der Waals surface area contributed by atoms with Crippen LogP contribution in [0, 0.1) is 12.3 Å². The molecule has 0 bridgehead atoms. The largest absolute Gasteiger partial charge is 0.392 e. The van der Waals surface area contributed by atoms with E-state index in [1.807, 2.05) is 18.7 Å². The number of aliphatic hydroxyl groups is 1. The summed E-state index contributed by atoms with van der Waals surface area (Å²) in [5, 5.41) is 14.6. The summed E-state index contributed by atoms with van der Waals surface area (Å²) in [5.74, 6) is 0. The molecule has 0 saturated heterocycles. The van der Waals surface area contributed by atoms with Crippen molar-refractivity contribution in [3.63, 3.8) is 0 Å². The molecule has 2 unspecified atom stereocenters. The molecule has 1 aliphatic rings. The molecular formula is C13H23N3O. The van der Waals surface area contributed by atoms with Gasteiger partial charge in [0.05, 0.1) is 11.8 Å². The van der Waals surface area contributed by atoms with Crippen LogP contribution in [0.1, 0.15) is 37.1 Å². The van der Waals surface area contributed by atoms with Crippen LogP contribution in [0.3, 0.4) is 0 Å². The van der Waals surface area contributed by atoms with Gasteiger partial charge in [0.25, 0.3) is 0 Å². The van der Waals surface area contributed by atoms with E-state index in [-0.39, 0.29) is 11.5 Å². The van der Waals surface area contributed by atoms with E-state index in [2.05, 4.69) is 11.2 Å². The molecule has 17 heavy (non-hydrogen) atoms. The summed E-state index contributed by atoms with van der Waals surface area (Å²) in [6, 6.07) is 2.10. The zero-order chi connectivity index (χ0) is 12.5. The van der Waals surface area contributed by atoms with Gasteiger partial charge in [0, 0.05) is 24.7 Å². The molecule has 1 aromatic heterocycles. The molecule has 0 spiro atoms. The Morgan fingerprint density at radius 3 is 2.88 bits per heavy atom. The van der Waals surface area contributed by atoms with Crippen molar-refractivity contribution in [1.29, 1.82) is 0 Å². The van der Waals surface area contributed by atoms with E-state index in [4.69, 9.17) is 5.73 Å². The van der Waals surface area contributed by atoms with Gasteiger partial charge < -0.3 is 10.8 Å². The van der Waals surface area contributed by atoms with Crippen molar-refractivity contribution in [1.82, 2.24) is 9.78 Å². The normalized spacial score (nSPS) is 29.5. The third-order valence-corrected chi connectivity index (χ3v) is 4.15. The molecule has 4 nitrogen and oxygen atoms in total. The second kappa shape index (κ2) is 4.78. The van der Waals surface area contributed by atoms with Crippen molar-refractivity contribution in [3.8, 4) is 0 Å². The van der Waals surface area contributed by atoms with Gasteiger partial charge in [-0.2, -0.15) is 5.10 Å². The van der Waals surface area contributed by atoms with Gasteiger partial charge in [-0.3, -0.25) is 4.68 Å². The number of aromatic nitrogens is 2. The van der Waals surface area contributed by atoms with Gasteiger partial charge in [0.15, 0.2) is 0 Å². The molecule has 4 heteroatoms. The Bertz CT molecular complexity index is 388. The SMILES string of the molecule is Cc1cc(CC2(CN)CCCCC2O)n(C)n1. The minimum absolute atomic E-state index is 0.140. The van der Waals surface area contributed by atoms with Crippen molar-refractivity contribution in [3.05, 3.63) is 17.5 Å². The number of aliphatic hydroxyl groups excluding tert-OH is 1. The molecule has 3 N–H and O–H groups in total. The zero-order valence-electron chi connectivity index (χ0n) is 10.8. The minimum Gasteiger partial charge on any atom is -0.392 e. The van der Waals surface area contributed by atoms with Crippen LogP contribution < -0.4 is 5.73 Å². The number of aryl methyl sites for hydroxylation is 2. The molecule has 0 aromatic carbocycles. The maximum absolute atomic E-state index is 10.3. The van der Waals surface area contributed by atoms with Gasteiger partial charge in [-0.15, -0.1) is 0 Å². The number of nitrogens with two attached hydrogens (primary N) is 1. The Kier molecular flexibility index (Phi) is 3.54. The van der Waals surface area contributed by atoms with Crippen LogP contribution in [-0.4, -0.2) is 27.5 Å². The Labute approximate surface area is 103 Å². The quantitative estimate of drug-likeness (QED) is 0.829. The third kappa shape index (κ3) is 2.38. The van der Waals surface area contributed by atoms with Crippen molar-refractivity contribution in [2.45, 2.75) is 45.1 Å². The fourth-order valence-electron chi connectivity index (χ4n) is 2.99. The molecule has 1 saturated carbocycles. The van der Waals surface area contributed by atoms with E-state index < -0.39 is 0 Å². The number of nitrogens with zero attached hydrogens (tertiary/aromatic N) is 2. The fraction of sp³-hybridized carbons (Fsp3) is 0.769. The first-order valence-corrected chi connectivity index (χ1v) is 6.45. The van der Waals surface area contributed by atoms with E-state index in [1.54, 1.807) is 0 Å². The van der Waals surface area contributed by atoms with E-state index >= 15 is 0 Å². The lowest BCUT2D eigenvalue weighted by molar-refractivity contribution is -0.00694. The molecule has 0 amide bonds. The molecule has 1 aromatic rings. The van der Waals surface area contributed by atoms with Crippen LogP contribution in [0.2, 0.25) is 0 Å². The van der Waals surface area contributed by atoms with Crippen LogP contribution in [0.15, 0.2) is 6.07 Å². The lowest BCUT2D eigenvalue weighted by atomic mass is 9.69. The van der Waals surface area contributed by atoms with Crippen LogP contribution in [0.4, 0.5) is 0 Å². The van der Waals surface area contributed by atoms with Crippen LogP contribution >= 0.6 is 0 Å². The Balaban J connectivity index is 2.21. The summed E-state index contributed by atoms with van der Waals surface area (Å²) in [5.41, 5.74) is 8.01. The highest BCUT2D eigenvalue weighted by Gasteiger charge is 2.39. The van der Waals surface area contributed by atoms with Crippen LogP contribution in [0.5, 0.6) is 0 Å². The van der Waals surface area contributed by atoms with Gasteiger partial charge >= 0.3 is 0 Å². The van der Waals surface area contributed by atoms with E-state index in [0.29, 0.717) is 6.54 Å². The van der Waals surface area contributed by atoms with Crippen molar-refractivity contribution in [2.24, 2.45) is 18.2 Å². The molecule has 1 aliphatic carbocycles. The average molecular weight is 237 g/mol. The summed E-state index contributed by atoms with van der Waals surface area (Å²) in [4.78, 5) is 0. The summed E-state index contributed by atoms with van der Waals surface area (Å²) < 4.78 is 1.91. The second-order valence-electron chi connectivity index (χ2n) is 5.41. The monoisotopic (exact) mass is 237 g/mol. The van der Waals surface area contributed by atoms with Crippen LogP contribution in [-0.2, 0) is 13.5 Å². The zero-order valence-corrected chi connectivity index (χ0v) is 10.8. The summed E-state index contributed by atoms with van der Waals surface area (Å²) >= 11 is 0. The van der Waals surface area contributed by atoms with E-state index in [9.17, 15) is 5.11 Å². The van der Waals surface area contributed by atoms with Gasteiger partial charge in [0.2, 0.25) is 0 Å². The maximum Gasteiger partial charge on any atom is 0.0612 e. The predicted octanol–water partition coefficient (Wildman–Crippen LogP) is 1.15. The molecule has 1 heterocycles. The molecule has 0 aliphatic heterocycles. The Hall–Kier alpha value is -0.870. The fourth-order valence-corrected chi connectivity index (χ4v) is 2.99. The van der Waals surface area contributed by atoms with Crippen molar-refractivity contribution >= 4 is 0 Å². The molecule has 2 atom stereocenters. The lowest BCUT2D eigenvalue weighted by Gasteiger charge is -2.40. The summed E-state index contributed by atoms with van der Waals surface area (Å²) in [6.07, 6.45) is 4.76. The standard InChI is InChI=1S/C13H23N3O/c1-10-7-11(16(2)15-10)8-13(9-14)6-4-3-5-12(13)17/h7,12,17H,3-6,8-9,14H2,1-2H3. The first-order chi connectivity index (χ1) is 8.07. The topological polar surface area (TPSA) is 64.1 Å². The van der Waals surface area contributed by atoms with E-state index in [1.165, 1.54) is 12.1 Å². The predicted molar refractivity (Wildman–Crippen MR) is 67.6 cm³/mol. The smallest absolute Gasteiger partial charge is 0.0612 e. The third-order valence-electron chi connectivity index (χ3n) is 4.15. The number of hydrogen-bond donors (Lipinski definition) is 2. The highest BCUT2D eigenvalue weighted by molar-refractivity contribution is 5.12. The lowest BCUT2D eigenvalue weighted by Crippen LogP contribution is -2.46. The van der Waals surface area contributed by atoms with Gasteiger partial charge in [-0.05, 0) is 32.3 Å². The maximum atomic E-state index is 10.3. The molecular weight excluding hydrogens is 214 g/mol. The highest BCUT2D eigenvalue weighted by Crippen LogP contribution is 2.38. The average Bonchev–Trinajstić information content (AvgIpc) is 2.61. The van der Waals surface area contributed by atoms with Gasteiger partial charge in [0.1, 0.15) is 0 Å². The Morgan fingerprint density at radius 1 is 1.59 bits per heavy atom. The summed E-state index contributed by atoms with van der Waals surface area (Å²) in [7, 11) is 1.96. The second-order valence-corrected chi connectivity index (χ2v) is 5.41. The molecule has 96 valence electrons. The van der Waals surface area contributed by atoms with Gasteiger partial charge in [-0.1, -0.05) is 12.8 Å². The molecule has 2 rings (SSSR count). The number of rotatable bonds is 3. The molecule has 1 fully saturated rings. The number of hydrogen-bond acceptors (Lipinski definition) is 3. The van der Waals surface area contributed by atoms with Gasteiger partial charge in [-0.25, -0.2) is 0 Å². The Morgan fingerprint density at radius 2 is 2.35 bits per heavy atom. The minimum atomic E-state index is -0.267. The van der Waals surface area contributed by atoms with E-state index in [0.717, 1.165) is 31.4 Å². The van der Waals surface area contributed by atoms with Crippen molar-refractivity contribution < 1.29 is 5.11 Å². The van der Waals surface area contributed by atoms with Crippen molar-refractivity contribution in [2.75, 3.05) is 6.54 Å². The molecule has 0 radical (unpaired) electrons.